The number of hydrogen-bond acceptors (Lipinski definition) is 15. The molecule has 9 N–H and O–H groups in total. The summed E-state index contributed by atoms with van der Waals surface area (Å²) in [5.41, 5.74) is -0.858. The average Bonchev–Trinajstić information content (AvgIpc) is 3.94. The summed E-state index contributed by atoms with van der Waals surface area (Å²) >= 11 is 0. The van der Waals surface area contributed by atoms with E-state index in [2.05, 4.69) is 25.9 Å². The molecule has 0 spiro atoms. The Morgan fingerprint density at radius 1 is 0.944 bits per heavy atom. The van der Waals surface area contributed by atoms with E-state index in [-0.39, 0.29) is 78.9 Å². The van der Waals surface area contributed by atoms with Gasteiger partial charge in [0.15, 0.2) is 6.10 Å². The van der Waals surface area contributed by atoms with Crippen molar-refractivity contribution >= 4 is 47.3 Å². The van der Waals surface area contributed by atoms with Gasteiger partial charge in [0.1, 0.15) is 61.4 Å². The molecule has 25 heteroatoms. The molecule has 0 saturated carbocycles. The van der Waals surface area contributed by atoms with Crippen LogP contribution < -0.4 is 20.7 Å². The molecule has 5 rings (SSSR count). The molecule has 7 atom stereocenters. The van der Waals surface area contributed by atoms with E-state index in [4.69, 9.17) is 14.2 Å². The van der Waals surface area contributed by atoms with Gasteiger partial charge in [0, 0.05) is 56.4 Å². The van der Waals surface area contributed by atoms with Gasteiger partial charge in [0.2, 0.25) is 24.0 Å². The quantitative estimate of drug-likeness (QED) is 0.0458. The number of rotatable bonds is 24. The lowest BCUT2D eigenvalue weighted by atomic mass is 9.84. The number of aliphatic hydroxyl groups is 4. The average molecular weight is 1020 g/mol. The number of imide groups is 1. The first-order valence-electron chi connectivity index (χ1n) is 22.8. The van der Waals surface area contributed by atoms with Crippen LogP contribution in [0.2, 0.25) is 0 Å². The zero-order chi connectivity index (χ0) is 52.9. The number of hydrogen-bond donors (Lipinski definition) is 9. The zero-order valence-corrected chi connectivity index (χ0v) is 39.5. The van der Waals surface area contributed by atoms with Crippen molar-refractivity contribution < 1.29 is 86.5 Å². The van der Waals surface area contributed by atoms with Gasteiger partial charge in [-0.05, 0) is 60.6 Å². The van der Waals surface area contributed by atoms with Crippen LogP contribution in [0.4, 0.5) is 23.7 Å². The number of benzene rings is 2. The van der Waals surface area contributed by atoms with Gasteiger partial charge in [-0.3, -0.25) is 28.9 Å². The normalized spacial score (nSPS) is 19.6. The molecule has 3 aromatic rings. The van der Waals surface area contributed by atoms with Crippen molar-refractivity contribution in [2.75, 3.05) is 38.2 Å². The van der Waals surface area contributed by atoms with Crippen LogP contribution in [0.1, 0.15) is 76.7 Å². The van der Waals surface area contributed by atoms with Crippen molar-refractivity contribution in [3.05, 3.63) is 77.8 Å². The SMILES string of the molecule is CC(C)(C)[C@H](c1nc(-c2cc(F)ccc2F)c[nH]1)N(CC[C@@H](CF)NC(=O)OCc1ccc(O[C@@H]2O[C@H](C(=O)O)[C@@H](O)[C@H](O)[C@H]2O)c(NC(=O)CCNC(=O)CCCCCN2C(=O)C=CC2=O)c1)C(=O)CO. The minimum atomic E-state index is -2.03. The molecule has 2 aliphatic heterocycles. The Morgan fingerprint density at radius 2 is 1.67 bits per heavy atom. The zero-order valence-electron chi connectivity index (χ0n) is 39.5. The maximum atomic E-state index is 14.6. The first-order chi connectivity index (χ1) is 34.1. The number of carboxylic acids is 1. The first kappa shape index (κ1) is 56.0. The molecule has 1 aromatic heterocycles. The van der Waals surface area contributed by atoms with E-state index in [9.17, 15) is 72.3 Å². The summed E-state index contributed by atoms with van der Waals surface area (Å²) in [5, 5.41) is 58.0. The molecule has 0 radical (unpaired) electrons. The molecular formula is C47H58F3N7O15. The number of carboxylic acid groups (broad SMARTS) is 1. The van der Waals surface area contributed by atoms with Crippen LogP contribution in [0.3, 0.4) is 0 Å². The number of aliphatic carboxylic acids is 1. The Kier molecular flexibility index (Phi) is 19.8. The van der Waals surface area contributed by atoms with Gasteiger partial charge in [-0.15, -0.1) is 0 Å². The second-order valence-corrected chi connectivity index (χ2v) is 18.0. The highest BCUT2D eigenvalue weighted by molar-refractivity contribution is 6.12. The summed E-state index contributed by atoms with van der Waals surface area (Å²) in [6.45, 7) is 2.55. The Bertz CT molecular complexity index is 2450. The first-order valence-corrected chi connectivity index (χ1v) is 22.8. The number of amides is 6. The number of carbonyl (C=O) groups is 7. The van der Waals surface area contributed by atoms with Crippen LogP contribution in [0, 0.1) is 17.0 Å². The number of aromatic amines is 1. The van der Waals surface area contributed by atoms with Crippen molar-refractivity contribution in [1.82, 2.24) is 30.4 Å². The molecular weight excluding hydrogens is 960 g/mol. The number of halogens is 3. The molecule has 0 bridgehead atoms. The number of carbonyl (C=O) groups excluding carboxylic acids is 6. The van der Waals surface area contributed by atoms with Crippen molar-refractivity contribution in [3.63, 3.8) is 0 Å². The van der Waals surface area contributed by atoms with Crippen molar-refractivity contribution in [3.8, 4) is 17.0 Å². The van der Waals surface area contributed by atoms with E-state index >= 15 is 0 Å². The Morgan fingerprint density at radius 3 is 2.33 bits per heavy atom. The monoisotopic (exact) mass is 1020 g/mol. The minimum absolute atomic E-state index is 0.0381. The van der Waals surface area contributed by atoms with Gasteiger partial charge in [0.05, 0.1) is 23.5 Å². The van der Waals surface area contributed by atoms with Crippen molar-refractivity contribution in [1.29, 1.82) is 0 Å². The van der Waals surface area contributed by atoms with Gasteiger partial charge in [-0.1, -0.05) is 33.3 Å². The largest absolute Gasteiger partial charge is 0.479 e. The highest BCUT2D eigenvalue weighted by Crippen LogP contribution is 2.38. The maximum Gasteiger partial charge on any atom is 0.407 e. The molecule has 392 valence electrons. The van der Waals surface area contributed by atoms with E-state index in [1.165, 1.54) is 41.4 Å². The number of aliphatic hydroxyl groups excluding tert-OH is 4. The predicted octanol–water partition coefficient (Wildman–Crippen LogP) is 2.12. The van der Waals surface area contributed by atoms with Gasteiger partial charge in [-0.25, -0.2) is 27.7 Å². The van der Waals surface area contributed by atoms with Crippen LogP contribution in [0.5, 0.6) is 5.75 Å². The Hall–Kier alpha value is -6.93. The van der Waals surface area contributed by atoms with Crippen LogP contribution in [0.15, 0.2) is 54.7 Å². The number of ether oxygens (including phenoxy) is 3. The highest BCUT2D eigenvalue weighted by Gasteiger charge is 2.48. The highest BCUT2D eigenvalue weighted by atomic mass is 19.1. The number of aromatic nitrogens is 2. The van der Waals surface area contributed by atoms with E-state index in [0.29, 0.717) is 19.3 Å². The standard InChI is InChI=1S/C47H58F3N7O15/c1-47(2,3)42(43-52-22-31(55-43)28-20-26(49)9-10-29(28)50)57(37(63)23-58)18-15-27(21-48)53-46(69)70-24-25-8-11-32(71-45-40(66)38(64)39(65)41(72-45)44(67)68)30(19-25)54-34(60)14-16-51-33(59)7-5-4-6-17-56-35(61)12-13-36(56)62/h8-13,19-20,22,27,38-42,45,58,64-66H,4-7,14-18,21,23-24H2,1-3H3,(H,51,59)(H,52,55)(H,53,69)(H,54,60)(H,67,68)/t27-,38-,39-,40+,41-,42-,45+/m0/s1. The molecule has 1 fully saturated rings. The molecule has 22 nitrogen and oxygen atoms in total. The summed E-state index contributed by atoms with van der Waals surface area (Å²) < 4.78 is 59.4. The lowest BCUT2D eigenvalue weighted by Gasteiger charge is -2.39. The maximum absolute atomic E-state index is 14.6. The van der Waals surface area contributed by atoms with E-state index < -0.39 is 115 Å². The minimum Gasteiger partial charge on any atom is -0.479 e. The van der Waals surface area contributed by atoms with Crippen molar-refractivity contribution in [2.24, 2.45) is 5.41 Å². The molecule has 3 heterocycles. The number of alkyl halides is 1. The third-order valence-corrected chi connectivity index (χ3v) is 11.5. The Labute approximate surface area is 410 Å². The fraction of sp³-hybridized carbons (Fsp3) is 0.489. The summed E-state index contributed by atoms with van der Waals surface area (Å²) in [6, 6.07) is 4.51. The third-order valence-electron chi connectivity index (χ3n) is 11.5. The van der Waals surface area contributed by atoms with Gasteiger partial charge >= 0.3 is 12.1 Å². The van der Waals surface area contributed by atoms with Crippen molar-refractivity contribution in [2.45, 2.75) is 109 Å². The summed E-state index contributed by atoms with van der Waals surface area (Å²) in [7, 11) is 0. The smallest absolute Gasteiger partial charge is 0.407 e. The van der Waals surface area contributed by atoms with Crippen LogP contribution in [-0.2, 0) is 44.8 Å². The summed E-state index contributed by atoms with van der Waals surface area (Å²) in [5.74, 6) is -5.86. The number of nitrogens with one attached hydrogen (secondary N) is 4. The van der Waals surface area contributed by atoms with Gasteiger partial charge < -0.3 is 65.6 Å². The van der Waals surface area contributed by atoms with Crippen LogP contribution in [-0.4, -0.2) is 157 Å². The number of nitrogens with zero attached hydrogens (tertiary/aromatic N) is 3. The van der Waals surface area contributed by atoms with E-state index in [1.54, 1.807) is 20.8 Å². The molecule has 72 heavy (non-hydrogen) atoms. The molecule has 0 aliphatic carbocycles. The molecule has 0 unspecified atom stereocenters. The Balaban J connectivity index is 1.21. The summed E-state index contributed by atoms with van der Waals surface area (Å²) in [6.07, 6.45) is -6.27. The number of imidazole rings is 1. The third kappa shape index (κ3) is 15.0. The number of alkyl carbamates (subject to hydrolysis) is 1. The fourth-order valence-electron chi connectivity index (χ4n) is 7.80. The number of H-pyrrole nitrogens is 1. The molecule has 2 aliphatic rings. The summed E-state index contributed by atoms with van der Waals surface area (Å²) in [4.78, 5) is 96.7. The predicted molar refractivity (Wildman–Crippen MR) is 245 cm³/mol. The topological polar surface area (TPSA) is 320 Å². The molecule has 1 saturated heterocycles. The van der Waals surface area contributed by atoms with Gasteiger partial charge in [-0.2, -0.15) is 0 Å². The lowest BCUT2D eigenvalue weighted by Crippen LogP contribution is -2.61. The number of anilines is 1. The van der Waals surface area contributed by atoms with Gasteiger partial charge in [0.25, 0.3) is 11.8 Å². The molecule has 6 amide bonds. The molecule has 2 aromatic carbocycles. The van der Waals surface area contributed by atoms with E-state index in [0.717, 1.165) is 23.1 Å². The van der Waals surface area contributed by atoms with Crippen LogP contribution >= 0.6 is 0 Å². The fourth-order valence-corrected chi connectivity index (χ4v) is 7.80. The van der Waals surface area contributed by atoms with E-state index in [1.807, 2.05) is 0 Å². The second kappa shape index (κ2) is 25.5. The second-order valence-electron chi connectivity index (χ2n) is 18.0. The van der Waals surface area contributed by atoms with Crippen LogP contribution in [0.25, 0.3) is 11.3 Å². The number of unbranched alkanes of at least 4 members (excludes halogenated alkanes) is 2. The lowest BCUT2D eigenvalue weighted by molar-refractivity contribution is -0.271.